The number of anilines is 1. The lowest BCUT2D eigenvalue weighted by Crippen LogP contribution is -2.27. The lowest BCUT2D eigenvalue weighted by atomic mass is 10.1. The first-order valence-corrected chi connectivity index (χ1v) is 10.8. The summed E-state index contributed by atoms with van der Waals surface area (Å²) in [5.41, 5.74) is 3.78. The number of fused-ring (bicyclic) bond motifs is 1. The van der Waals surface area contributed by atoms with Gasteiger partial charge in [-0.15, -0.1) is 0 Å². The van der Waals surface area contributed by atoms with E-state index in [-0.39, 0.29) is 0 Å². The van der Waals surface area contributed by atoms with E-state index in [0.717, 1.165) is 22.2 Å². The Kier molecular flexibility index (Phi) is 6.02. The van der Waals surface area contributed by atoms with Gasteiger partial charge in [0.1, 0.15) is 11.3 Å². The zero-order valence-electron chi connectivity index (χ0n) is 19.7. The normalized spacial score (nSPS) is 12.1. The predicted octanol–water partition coefficient (Wildman–Crippen LogP) is 5.34. The second-order valence-electron chi connectivity index (χ2n) is 8.87. The van der Waals surface area contributed by atoms with Crippen molar-refractivity contribution in [3.05, 3.63) is 66.1 Å². The van der Waals surface area contributed by atoms with Gasteiger partial charge in [0.2, 0.25) is 0 Å². The van der Waals surface area contributed by atoms with Crippen LogP contribution in [-0.4, -0.2) is 42.4 Å². The largest absolute Gasteiger partial charge is 0.444 e. The number of oxime groups is 1. The zero-order chi connectivity index (χ0) is 24.5. The number of hydrogen-bond donors (Lipinski definition) is 2. The number of nitrogens with zero attached hydrogens (tertiary/aromatic N) is 5. The number of aryl methyl sites for hydroxylation is 1. The first-order chi connectivity index (χ1) is 16.1. The summed E-state index contributed by atoms with van der Waals surface area (Å²) in [6, 6.07) is 14.9. The monoisotopic (exact) mass is 458 g/mol. The third-order valence-corrected chi connectivity index (χ3v) is 4.98. The highest BCUT2D eigenvalue weighted by atomic mass is 16.6. The Labute approximate surface area is 197 Å². The molecule has 9 nitrogen and oxygen atoms in total. The number of pyridine rings is 2. The standard InChI is InChI=1S/C25H26N6O3/c1-15-8-6-11-23(27-15)31-22-13-17(20-10-7-9-19(28-20)16(2)30-33)12-21(18(22)14-26-31)29-24(32)34-25(3,4)5/h6-14,33H,1-5H3,(H,29,32)/b30-16-. The Morgan fingerprint density at radius 3 is 2.59 bits per heavy atom. The van der Waals surface area contributed by atoms with E-state index < -0.39 is 11.7 Å². The molecule has 4 aromatic rings. The van der Waals surface area contributed by atoms with E-state index in [0.29, 0.717) is 28.6 Å². The number of amides is 1. The van der Waals surface area contributed by atoms with Gasteiger partial charge < -0.3 is 9.94 Å². The summed E-state index contributed by atoms with van der Waals surface area (Å²) < 4.78 is 7.18. The summed E-state index contributed by atoms with van der Waals surface area (Å²) in [5.74, 6) is 0.653. The summed E-state index contributed by atoms with van der Waals surface area (Å²) >= 11 is 0. The Morgan fingerprint density at radius 2 is 1.88 bits per heavy atom. The SMILES string of the molecule is C/C(=N/O)c1cccc(-c2cc(NC(=O)OC(C)(C)C)c3cnn(-c4cccc(C)n4)c3c2)n1. The van der Waals surface area contributed by atoms with Crippen molar-refractivity contribution >= 4 is 28.4 Å². The molecule has 3 aromatic heterocycles. The number of ether oxygens (including phenoxy) is 1. The molecule has 0 saturated carbocycles. The van der Waals surface area contributed by atoms with Gasteiger partial charge in [0.05, 0.1) is 28.8 Å². The van der Waals surface area contributed by atoms with Gasteiger partial charge in [0, 0.05) is 16.6 Å². The summed E-state index contributed by atoms with van der Waals surface area (Å²) in [6.07, 6.45) is 1.11. The third-order valence-electron chi connectivity index (χ3n) is 4.98. The van der Waals surface area contributed by atoms with Crippen LogP contribution in [0.1, 0.15) is 39.1 Å². The molecule has 1 amide bonds. The lowest BCUT2D eigenvalue weighted by Gasteiger charge is -2.20. The van der Waals surface area contributed by atoms with Crippen molar-refractivity contribution in [3.8, 4) is 17.1 Å². The number of nitrogens with one attached hydrogen (secondary N) is 1. The molecule has 0 spiro atoms. The molecule has 0 aliphatic heterocycles. The maximum atomic E-state index is 12.6. The zero-order valence-corrected chi connectivity index (χ0v) is 19.7. The number of carbonyl (C=O) groups excluding carboxylic acids is 1. The second-order valence-corrected chi connectivity index (χ2v) is 8.87. The molecule has 0 bridgehead atoms. The van der Waals surface area contributed by atoms with Crippen LogP contribution in [0.3, 0.4) is 0 Å². The minimum absolute atomic E-state index is 0.393. The maximum absolute atomic E-state index is 12.6. The first kappa shape index (κ1) is 22.9. The topological polar surface area (TPSA) is 115 Å². The molecule has 3 heterocycles. The van der Waals surface area contributed by atoms with Crippen LogP contribution in [-0.2, 0) is 4.74 Å². The average Bonchev–Trinajstić information content (AvgIpc) is 3.22. The molecule has 34 heavy (non-hydrogen) atoms. The average molecular weight is 459 g/mol. The molecular formula is C25H26N6O3. The molecule has 4 rings (SSSR count). The molecule has 174 valence electrons. The van der Waals surface area contributed by atoms with Gasteiger partial charge in [0.25, 0.3) is 0 Å². The molecule has 0 atom stereocenters. The van der Waals surface area contributed by atoms with Gasteiger partial charge in [-0.05, 0) is 71.0 Å². The van der Waals surface area contributed by atoms with Gasteiger partial charge >= 0.3 is 6.09 Å². The molecule has 2 N–H and O–H groups in total. The van der Waals surface area contributed by atoms with Crippen molar-refractivity contribution < 1.29 is 14.7 Å². The molecule has 0 unspecified atom stereocenters. The van der Waals surface area contributed by atoms with Crippen molar-refractivity contribution in [3.63, 3.8) is 0 Å². The highest BCUT2D eigenvalue weighted by Gasteiger charge is 2.19. The molecule has 0 fully saturated rings. The van der Waals surface area contributed by atoms with Gasteiger partial charge in [-0.1, -0.05) is 17.3 Å². The highest BCUT2D eigenvalue weighted by Crippen LogP contribution is 2.32. The van der Waals surface area contributed by atoms with Gasteiger partial charge in [-0.3, -0.25) is 5.32 Å². The second kappa shape index (κ2) is 8.93. The van der Waals surface area contributed by atoms with E-state index in [1.807, 2.05) is 49.4 Å². The summed E-state index contributed by atoms with van der Waals surface area (Å²) in [6.45, 7) is 9.00. The van der Waals surface area contributed by atoms with E-state index in [1.165, 1.54) is 0 Å². The van der Waals surface area contributed by atoms with Crippen molar-refractivity contribution in [2.24, 2.45) is 5.16 Å². The van der Waals surface area contributed by atoms with Crippen molar-refractivity contribution in [1.82, 2.24) is 19.7 Å². The minimum Gasteiger partial charge on any atom is -0.444 e. The Hall–Kier alpha value is -4.27. The Bertz CT molecular complexity index is 1400. The van der Waals surface area contributed by atoms with Gasteiger partial charge in [0.15, 0.2) is 5.82 Å². The highest BCUT2D eigenvalue weighted by molar-refractivity contribution is 6.02. The molecular weight excluding hydrogens is 432 g/mol. The number of rotatable bonds is 4. The quantitative estimate of drug-likeness (QED) is 0.242. The smallest absolute Gasteiger partial charge is 0.412 e. The van der Waals surface area contributed by atoms with Crippen LogP contribution in [0.15, 0.2) is 59.9 Å². The van der Waals surface area contributed by atoms with Gasteiger partial charge in [-0.2, -0.15) is 5.10 Å². The molecule has 0 aliphatic rings. The first-order valence-electron chi connectivity index (χ1n) is 10.8. The van der Waals surface area contributed by atoms with Crippen LogP contribution in [0, 0.1) is 6.92 Å². The van der Waals surface area contributed by atoms with Gasteiger partial charge in [-0.25, -0.2) is 19.4 Å². The van der Waals surface area contributed by atoms with E-state index in [1.54, 1.807) is 44.6 Å². The number of aromatic nitrogens is 4. The fourth-order valence-corrected chi connectivity index (χ4v) is 3.47. The van der Waals surface area contributed by atoms with Crippen molar-refractivity contribution in [2.45, 2.75) is 40.2 Å². The lowest BCUT2D eigenvalue weighted by molar-refractivity contribution is 0.0636. The summed E-state index contributed by atoms with van der Waals surface area (Å²) in [7, 11) is 0. The van der Waals surface area contributed by atoms with Crippen molar-refractivity contribution in [2.75, 3.05) is 5.32 Å². The van der Waals surface area contributed by atoms with Crippen LogP contribution < -0.4 is 5.32 Å². The van der Waals surface area contributed by atoms with E-state index in [4.69, 9.17) is 9.94 Å². The van der Waals surface area contributed by atoms with E-state index >= 15 is 0 Å². The Morgan fingerprint density at radius 1 is 1.12 bits per heavy atom. The third kappa shape index (κ3) is 4.88. The molecule has 1 aromatic carbocycles. The number of hydrogen-bond acceptors (Lipinski definition) is 7. The molecule has 0 saturated heterocycles. The van der Waals surface area contributed by atoms with Crippen LogP contribution in [0.2, 0.25) is 0 Å². The fraction of sp³-hybridized carbons (Fsp3) is 0.240. The predicted molar refractivity (Wildman–Crippen MR) is 131 cm³/mol. The van der Waals surface area contributed by atoms with Crippen LogP contribution in [0.5, 0.6) is 0 Å². The minimum atomic E-state index is -0.645. The molecule has 0 aliphatic carbocycles. The van der Waals surface area contributed by atoms with Crippen molar-refractivity contribution in [1.29, 1.82) is 0 Å². The molecule has 0 radical (unpaired) electrons. The Balaban J connectivity index is 1.89. The number of carbonyl (C=O) groups is 1. The van der Waals surface area contributed by atoms with Crippen LogP contribution in [0.4, 0.5) is 10.5 Å². The molecule has 9 heteroatoms. The maximum Gasteiger partial charge on any atom is 0.412 e. The van der Waals surface area contributed by atoms with E-state index in [9.17, 15) is 4.79 Å². The van der Waals surface area contributed by atoms with Crippen LogP contribution in [0.25, 0.3) is 28.0 Å². The summed E-state index contributed by atoms with van der Waals surface area (Å²) in [5, 5.41) is 20.5. The van der Waals surface area contributed by atoms with E-state index in [2.05, 4.69) is 25.5 Å². The van der Waals surface area contributed by atoms with Crippen LogP contribution >= 0.6 is 0 Å². The number of benzene rings is 1. The summed E-state index contributed by atoms with van der Waals surface area (Å²) in [4.78, 5) is 21.8. The fourth-order valence-electron chi connectivity index (χ4n) is 3.47.